The van der Waals surface area contributed by atoms with E-state index in [1.165, 1.54) is 27.2 Å². The molecule has 1 aliphatic heterocycles. The van der Waals surface area contributed by atoms with E-state index in [2.05, 4.69) is 75.6 Å². The van der Waals surface area contributed by atoms with E-state index in [9.17, 15) is 0 Å². The molecule has 1 aliphatic rings. The van der Waals surface area contributed by atoms with Crippen LogP contribution in [0.25, 0.3) is 5.76 Å². The smallest absolute Gasteiger partial charge is 0.140 e. The first-order valence-corrected chi connectivity index (χ1v) is 10.7. The summed E-state index contributed by atoms with van der Waals surface area (Å²) < 4.78 is 12.2. The maximum Gasteiger partial charge on any atom is 0.140 e. The zero-order valence-electron chi connectivity index (χ0n) is 18.2. The van der Waals surface area contributed by atoms with Crippen LogP contribution in [0.4, 0.5) is 0 Å². The van der Waals surface area contributed by atoms with Crippen molar-refractivity contribution in [1.29, 1.82) is 0 Å². The lowest BCUT2D eigenvalue weighted by atomic mass is 9.81. The largest absolute Gasteiger partial charge is 0.494 e. The maximum atomic E-state index is 6.53. The van der Waals surface area contributed by atoms with Crippen molar-refractivity contribution >= 4 is 5.76 Å². The molecule has 0 aliphatic carbocycles. The Morgan fingerprint density at radius 1 is 0.900 bits per heavy atom. The summed E-state index contributed by atoms with van der Waals surface area (Å²) in [5.41, 5.74) is 6.20. The van der Waals surface area contributed by atoms with Gasteiger partial charge in [0, 0.05) is 22.6 Å². The SMILES string of the molecule is CCOc1ccc(C2=C(C[NH+](C)C)[C@H](c3ccc(C)cc3)c3ccccc3O2)cc1. The van der Waals surface area contributed by atoms with Gasteiger partial charge in [-0.3, -0.25) is 0 Å². The molecule has 3 heteroatoms. The molecule has 0 saturated heterocycles. The van der Waals surface area contributed by atoms with Crippen LogP contribution in [-0.2, 0) is 0 Å². The summed E-state index contributed by atoms with van der Waals surface area (Å²) in [5.74, 6) is 2.95. The van der Waals surface area contributed by atoms with E-state index in [1.54, 1.807) is 0 Å². The maximum absolute atomic E-state index is 6.53. The summed E-state index contributed by atoms with van der Waals surface area (Å²) >= 11 is 0. The number of rotatable bonds is 6. The van der Waals surface area contributed by atoms with Gasteiger partial charge in [-0.05, 0) is 49.7 Å². The summed E-state index contributed by atoms with van der Waals surface area (Å²) in [6.45, 7) is 5.70. The van der Waals surface area contributed by atoms with Crippen molar-refractivity contribution in [3.8, 4) is 11.5 Å². The van der Waals surface area contributed by atoms with Gasteiger partial charge < -0.3 is 14.4 Å². The molecule has 30 heavy (non-hydrogen) atoms. The second-order valence-electron chi connectivity index (χ2n) is 8.18. The van der Waals surface area contributed by atoms with Gasteiger partial charge in [-0.2, -0.15) is 0 Å². The zero-order chi connectivity index (χ0) is 21.1. The van der Waals surface area contributed by atoms with Crippen LogP contribution < -0.4 is 14.4 Å². The second kappa shape index (κ2) is 8.76. The molecule has 3 nitrogen and oxygen atoms in total. The van der Waals surface area contributed by atoms with Crippen molar-refractivity contribution in [2.45, 2.75) is 19.8 Å². The molecular weight excluding hydrogens is 370 g/mol. The minimum absolute atomic E-state index is 0.173. The lowest BCUT2D eigenvalue weighted by Gasteiger charge is -2.32. The zero-order valence-corrected chi connectivity index (χ0v) is 18.2. The predicted molar refractivity (Wildman–Crippen MR) is 122 cm³/mol. The van der Waals surface area contributed by atoms with Gasteiger partial charge in [0.05, 0.1) is 20.7 Å². The van der Waals surface area contributed by atoms with Gasteiger partial charge in [0.1, 0.15) is 23.8 Å². The van der Waals surface area contributed by atoms with E-state index < -0.39 is 0 Å². The number of nitrogens with one attached hydrogen (secondary N) is 1. The van der Waals surface area contributed by atoms with Gasteiger partial charge in [-0.1, -0.05) is 48.0 Å². The fraction of sp³-hybridized carbons (Fsp3) is 0.259. The second-order valence-corrected chi connectivity index (χ2v) is 8.18. The molecular formula is C27H30NO2+. The van der Waals surface area contributed by atoms with Crippen LogP contribution in [0, 0.1) is 6.92 Å². The lowest BCUT2D eigenvalue weighted by molar-refractivity contribution is -0.853. The molecule has 0 saturated carbocycles. The third-order valence-electron chi connectivity index (χ3n) is 5.46. The number of fused-ring (bicyclic) bond motifs is 1. The van der Waals surface area contributed by atoms with Gasteiger partial charge in [0.15, 0.2) is 0 Å². The fourth-order valence-corrected chi connectivity index (χ4v) is 4.12. The number of benzene rings is 3. The first-order valence-electron chi connectivity index (χ1n) is 10.7. The summed E-state index contributed by atoms with van der Waals surface area (Å²) in [7, 11) is 4.38. The van der Waals surface area contributed by atoms with Crippen molar-refractivity contribution in [2.75, 3.05) is 27.2 Å². The van der Waals surface area contributed by atoms with Gasteiger partial charge in [0.2, 0.25) is 0 Å². The van der Waals surface area contributed by atoms with Gasteiger partial charge >= 0.3 is 0 Å². The van der Waals surface area contributed by atoms with E-state index in [0.29, 0.717) is 6.61 Å². The average molecular weight is 401 g/mol. The Kier molecular flexibility index (Phi) is 5.91. The molecule has 3 aromatic carbocycles. The molecule has 3 aromatic rings. The van der Waals surface area contributed by atoms with Crippen molar-refractivity contribution in [3.63, 3.8) is 0 Å². The van der Waals surface area contributed by atoms with Gasteiger partial charge in [-0.25, -0.2) is 0 Å². The molecule has 0 amide bonds. The van der Waals surface area contributed by atoms with Gasteiger partial charge in [0.25, 0.3) is 0 Å². The predicted octanol–water partition coefficient (Wildman–Crippen LogP) is 4.47. The highest BCUT2D eigenvalue weighted by Gasteiger charge is 2.33. The molecule has 4 rings (SSSR count). The third-order valence-corrected chi connectivity index (χ3v) is 5.46. The number of hydrogen-bond donors (Lipinski definition) is 1. The van der Waals surface area contributed by atoms with Crippen LogP contribution >= 0.6 is 0 Å². The highest BCUT2D eigenvalue weighted by atomic mass is 16.5. The molecule has 1 heterocycles. The lowest BCUT2D eigenvalue weighted by Crippen LogP contribution is -3.06. The monoisotopic (exact) mass is 400 g/mol. The summed E-state index contributed by atoms with van der Waals surface area (Å²) in [5, 5.41) is 0. The van der Waals surface area contributed by atoms with Crippen LogP contribution in [0.15, 0.2) is 78.4 Å². The van der Waals surface area contributed by atoms with Crippen LogP contribution in [0.3, 0.4) is 0 Å². The van der Waals surface area contributed by atoms with Crippen LogP contribution in [0.5, 0.6) is 11.5 Å². The molecule has 0 spiro atoms. The Morgan fingerprint density at radius 3 is 2.27 bits per heavy atom. The molecule has 1 N–H and O–H groups in total. The third kappa shape index (κ3) is 4.12. The average Bonchev–Trinajstić information content (AvgIpc) is 2.75. The number of likely N-dealkylation sites (N-methyl/N-ethyl adjacent to an activating group) is 1. The summed E-state index contributed by atoms with van der Waals surface area (Å²) in [6.07, 6.45) is 0. The number of aryl methyl sites for hydroxylation is 1. The van der Waals surface area contributed by atoms with Crippen molar-refractivity contribution in [3.05, 3.63) is 101 Å². The first kappa shape index (κ1) is 20.2. The van der Waals surface area contributed by atoms with E-state index in [4.69, 9.17) is 9.47 Å². The molecule has 0 unspecified atom stereocenters. The number of para-hydroxylation sites is 1. The summed E-state index contributed by atoms with van der Waals surface area (Å²) in [4.78, 5) is 1.37. The minimum Gasteiger partial charge on any atom is -0.494 e. The van der Waals surface area contributed by atoms with Crippen molar-refractivity contribution in [2.24, 2.45) is 0 Å². The van der Waals surface area contributed by atoms with Gasteiger partial charge in [-0.15, -0.1) is 0 Å². The molecule has 0 fully saturated rings. The van der Waals surface area contributed by atoms with E-state index in [0.717, 1.165) is 29.4 Å². The van der Waals surface area contributed by atoms with Crippen molar-refractivity contribution in [1.82, 2.24) is 0 Å². The Labute approximate surface area is 179 Å². The Balaban J connectivity index is 1.88. The standard InChI is InChI=1S/C27H29NO2/c1-5-29-22-16-14-21(15-17-22)27-24(18-28(3)4)26(20-12-10-19(2)11-13-20)23-8-6-7-9-25(23)30-27/h6-17,26H,5,18H2,1-4H3/p+1/t26-/m1/s1. The molecule has 1 atom stereocenters. The first-order chi connectivity index (χ1) is 14.6. The molecule has 0 radical (unpaired) electrons. The molecule has 0 bridgehead atoms. The van der Waals surface area contributed by atoms with Crippen LogP contribution in [0.1, 0.15) is 35.1 Å². The van der Waals surface area contributed by atoms with E-state index in [-0.39, 0.29) is 5.92 Å². The number of hydrogen-bond acceptors (Lipinski definition) is 2. The van der Waals surface area contributed by atoms with E-state index in [1.807, 2.05) is 25.1 Å². The Hall–Kier alpha value is -3.04. The number of quaternary nitrogens is 1. The van der Waals surface area contributed by atoms with Crippen LogP contribution in [-0.4, -0.2) is 27.2 Å². The normalized spacial score (nSPS) is 15.7. The highest BCUT2D eigenvalue weighted by Crippen LogP contribution is 2.45. The van der Waals surface area contributed by atoms with Crippen LogP contribution in [0.2, 0.25) is 0 Å². The highest BCUT2D eigenvalue weighted by molar-refractivity contribution is 5.72. The molecule has 0 aromatic heterocycles. The Bertz CT molecular complexity index is 1030. The Morgan fingerprint density at radius 2 is 1.60 bits per heavy atom. The topological polar surface area (TPSA) is 22.9 Å². The minimum atomic E-state index is 0.173. The fourth-order valence-electron chi connectivity index (χ4n) is 4.12. The quantitative estimate of drug-likeness (QED) is 0.660. The van der Waals surface area contributed by atoms with E-state index >= 15 is 0 Å². The number of ether oxygens (including phenoxy) is 2. The molecule has 154 valence electrons. The summed E-state index contributed by atoms with van der Waals surface area (Å²) in [6, 6.07) is 25.6. The van der Waals surface area contributed by atoms with Crippen molar-refractivity contribution < 1.29 is 14.4 Å².